The Bertz CT molecular complexity index is 508. The third-order valence-electron chi connectivity index (χ3n) is 2.05. The molecule has 0 saturated heterocycles. The molecule has 88 valence electrons. The van der Waals surface area contributed by atoms with Gasteiger partial charge in [0.2, 0.25) is 10.0 Å². The molecule has 0 unspecified atom stereocenters. The summed E-state index contributed by atoms with van der Waals surface area (Å²) in [4.78, 5) is 11.1. The molecule has 0 bridgehead atoms. The van der Waals surface area contributed by atoms with Crippen LogP contribution < -0.4 is 4.72 Å². The van der Waals surface area contributed by atoms with Crippen LogP contribution in [0.4, 0.5) is 5.69 Å². The van der Waals surface area contributed by atoms with Crippen LogP contribution in [0.3, 0.4) is 0 Å². The van der Waals surface area contributed by atoms with Crippen molar-refractivity contribution in [2.75, 3.05) is 10.5 Å². The highest BCUT2D eigenvalue weighted by Crippen LogP contribution is 2.25. The molecule has 5 nitrogen and oxygen atoms in total. The van der Waals surface area contributed by atoms with Crippen LogP contribution >= 0.6 is 0 Å². The highest BCUT2D eigenvalue weighted by atomic mass is 32.2. The van der Waals surface area contributed by atoms with E-state index in [4.69, 9.17) is 0 Å². The zero-order chi connectivity index (χ0) is 12.3. The Morgan fingerprint density at radius 2 is 2.06 bits per heavy atom. The number of anilines is 1. The molecule has 6 heteroatoms. The van der Waals surface area contributed by atoms with Crippen molar-refractivity contribution in [2.45, 2.75) is 13.8 Å². The van der Waals surface area contributed by atoms with Crippen LogP contribution in [0.25, 0.3) is 0 Å². The number of phenolic OH excluding ortho intramolecular Hbond substituents is 1. The van der Waals surface area contributed by atoms with Gasteiger partial charge in [-0.25, -0.2) is 8.42 Å². The summed E-state index contributed by atoms with van der Waals surface area (Å²) in [5.74, 6) is -0.504. The molecular weight excluding hydrogens is 230 g/mol. The zero-order valence-electron chi connectivity index (χ0n) is 9.02. The molecule has 0 saturated carbocycles. The average molecular weight is 243 g/mol. The molecule has 0 aliphatic heterocycles. The van der Waals surface area contributed by atoms with Gasteiger partial charge in [-0.2, -0.15) is 0 Å². The molecule has 0 spiro atoms. The minimum Gasteiger partial charge on any atom is -0.506 e. The number of ketones is 1. The van der Waals surface area contributed by atoms with Crippen molar-refractivity contribution in [2.24, 2.45) is 0 Å². The molecule has 1 aromatic carbocycles. The van der Waals surface area contributed by atoms with Gasteiger partial charge in [-0.15, -0.1) is 0 Å². The van der Waals surface area contributed by atoms with Gasteiger partial charge in [0.25, 0.3) is 0 Å². The molecule has 0 aliphatic rings. The molecule has 0 radical (unpaired) electrons. The highest BCUT2D eigenvalue weighted by molar-refractivity contribution is 7.92. The number of phenols is 1. The molecule has 0 heterocycles. The smallest absolute Gasteiger partial charge is 0.232 e. The maximum absolute atomic E-state index is 11.3. The number of hydrogen-bond acceptors (Lipinski definition) is 4. The number of Topliss-reactive ketones (excluding diaryl/α,β-unsaturated/α-hetero) is 1. The third-order valence-corrected chi connectivity index (χ3v) is 3.34. The number of carbonyl (C=O) groups is 1. The predicted octanol–water partition coefficient (Wildman–Crippen LogP) is 1.36. The second kappa shape index (κ2) is 4.52. The lowest BCUT2D eigenvalue weighted by atomic mass is 10.1. The fourth-order valence-corrected chi connectivity index (χ4v) is 1.72. The van der Waals surface area contributed by atoms with Gasteiger partial charge in [0.05, 0.1) is 11.4 Å². The van der Waals surface area contributed by atoms with Crippen molar-refractivity contribution in [1.82, 2.24) is 0 Å². The SMILES string of the molecule is CCS(=O)(=O)Nc1cc(C(C)=O)ccc1O. The summed E-state index contributed by atoms with van der Waals surface area (Å²) in [6.45, 7) is 2.85. The van der Waals surface area contributed by atoms with Gasteiger partial charge in [0.15, 0.2) is 5.78 Å². The quantitative estimate of drug-likeness (QED) is 0.617. The summed E-state index contributed by atoms with van der Waals surface area (Å²) in [5.41, 5.74) is 0.362. The molecule has 0 aliphatic carbocycles. The van der Waals surface area contributed by atoms with Crippen LogP contribution in [0.5, 0.6) is 5.75 Å². The summed E-state index contributed by atoms with van der Waals surface area (Å²) in [6, 6.07) is 4.02. The third kappa shape index (κ3) is 2.96. The van der Waals surface area contributed by atoms with E-state index in [1.54, 1.807) is 0 Å². The van der Waals surface area contributed by atoms with Crippen molar-refractivity contribution < 1.29 is 18.3 Å². The summed E-state index contributed by atoms with van der Waals surface area (Å²) < 4.78 is 24.8. The van der Waals surface area contributed by atoms with E-state index in [9.17, 15) is 18.3 Å². The number of hydrogen-bond donors (Lipinski definition) is 2. The van der Waals surface area contributed by atoms with Crippen molar-refractivity contribution in [3.63, 3.8) is 0 Å². The molecule has 0 aromatic heterocycles. The normalized spacial score (nSPS) is 11.1. The van der Waals surface area contributed by atoms with E-state index in [0.29, 0.717) is 5.56 Å². The maximum atomic E-state index is 11.3. The number of rotatable bonds is 4. The summed E-state index contributed by atoms with van der Waals surface area (Å²) in [6.07, 6.45) is 0. The van der Waals surface area contributed by atoms with Crippen molar-refractivity contribution in [3.8, 4) is 5.75 Å². The van der Waals surface area contributed by atoms with Crippen molar-refractivity contribution >= 4 is 21.5 Å². The maximum Gasteiger partial charge on any atom is 0.232 e. The summed E-state index contributed by atoms with van der Waals surface area (Å²) >= 11 is 0. The Morgan fingerprint density at radius 3 is 2.56 bits per heavy atom. The first-order valence-electron chi connectivity index (χ1n) is 4.70. The molecule has 0 amide bonds. The van der Waals surface area contributed by atoms with Crippen LogP contribution in [0.2, 0.25) is 0 Å². The minimum atomic E-state index is -3.46. The van der Waals surface area contributed by atoms with E-state index in [1.165, 1.54) is 32.0 Å². The Balaban J connectivity index is 3.13. The topological polar surface area (TPSA) is 83.5 Å². The van der Waals surface area contributed by atoms with Gasteiger partial charge in [-0.3, -0.25) is 9.52 Å². The average Bonchev–Trinajstić information content (AvgIpc) is 2.21. The Kier molecular flexibility index (Phi) is 3.54. The van der Waals surface area contributed by atoms with Crippen LogP contribution in [-0.2, 0) is 10.0 Å². The van der Waals surface area contributed by atoms with E-state index < -0.39 is 10.0 Å². The number of aromatic hydroxyl groups is 1. The van der Waals surface area contributed by atoms with Crippen molar-refractivity contribution in [1.29, 1.82) is 0 Å². The second-order valence-electron chi connectivity index (χ2n) is 3.29. The Morgan fingerprint density at radius 1 is 1.44 bits per heavy atom. The number of benzene rings is 1. The summed E-state index contributed by atoms with van der Waals surface area (Å²) in [5, 5.41) is 9.44. The van der Waals surface area contributed by atoms with E-state index in [-0.39, 0.29) is 23.0 Å². The predicted molar refractivity (Wildman–Crippen MR) is 61.2 cm³/mol. The first kappa shape index (κ1) is 12.5. The fourth-order valence-electron chi connectivity index (χ4n) is 1.08. The minimum absolute atomic E-state index is 0.0227. The highest BCUT2D eigenvalue weighted by Gasteiger charge is 2.11. The van der Waals surface area contributed by atoms with Gasteiger partial charge in [0, 0.05) is 5.56 Å². The van der Waals surface area contributed by atoms with E-state index in [1.807, 2.05) is 0 Å². The summed E-state index contributed by atoms with van der Waals surface area (Å²) in [7, 11) is -3.46. The molecule has 16 heavy (non-hydrogen) atoms. The van der Waals surface area contributed by atoms with E-state index >= 15 is 0 Å². The molecular formula is C10H13NO4S. The van der Waals surface area contributed by atoms with Gasteiger partial charge in [-0.1, -0.05) is 0 Å². The van der Waals surface area contributed by atoms with Crippen LogP contribution in [0.1, 0.15) is 24.2 Å². The van der Waals surface area contributed by atoms with E-state index in [2.05, 4.69) is 4.72 Å². The van der Waals surface area contributed by atoms with Gasteiger partial charge in [-0.05, 0) is 32.0 Å². The molecule has 0 fully saturated rings. The molecule has 2 N–H and O–H groups in total. The first-order chi connectivity index (χ1) is 7.35. The van der Waals surface area contributed by atoms with Gasteiger partial charge >= 0.3 is 0 Å². The second-order valence-corrected chi connectivity index (χ2v) is 5.30. The standard InChI is InChI=1S/C10H13NO4S/c1-3-16(14,15)11-9-6-8(7(2)12)4-5-10(9)13/h4-6,11,13H,3H2,1-2H3. The fraction of sp³-hybridized carbons (Fsp3) is 0.300. The zero-order valence-corrected chi connectivity index (χ0v) is 9.84. The number of carbonyl (C=O) groups excluding carboxylic acids is 1. The lowest BCUT2D eigenvalue weighted by Gasteiger charge is -2.08. The largest absolute Gasteiger partial charge is 0.506 e. The van der Waals surface area contributed by atoms with Gasteiger partial charge < -0.3 is 5.11 Å². The van der Waals surface area contributed by atoms with Crippen molar-refractivity contribution in [3.05, 3.63) is 23.8 Å². The molecule has 1 aromatic rings. The Labute approximate surface area is 94.2 Å². The van der Waals surface area contributed by atoms with Crippen LogP contribution in [-0.4, -0.2) is 25.1 Å². The molecule has 1 rings (SSSR count). The lowest BCUT2D eigenvalue weighted by molar-refractivity contribution is 0.101. The van der Waals surface area contributed by atoms with Gasteiger partial charge in [0.1, 0.15) is 5.75 Å². The van der Waals surface area contributed by atoms with E-state index in [0.717, 1.165) is 0 Å². The van der Waals surface area contributed by atoms with Crippen LogP contribution in [0.15, 0.2) is 18.2 Å². The Hall–Kier alpha value is -1.56. The monoisotopic (exact) mass is 243 g/mol. The van der Waals surface area contributed by atoms with Crippen LogP contribution in [0, 0.1) is 0 Å². The lowest BCUT2D eigenvalue weighted by Crippen LogP contribution is -2.15. The number of nitrogens with one attached hydrogen (secondary N) is 1. The first-order valence-corrected chi connectivity index (χ1v) is 6.35. The molecule has 0 atom stereocenters. The number of sulfonamides is 1.